The Morgan fingerprint density at radius 1 is 1.78 bits per heavy atom. The third-order valence-corrected chi connectivity index (χ3v) is 1.49. The zero-order valence-electron chi connectivity index (χ0n) is 6.09. The van der Waals surface area contributed by atoms with Gasteiger partial charge in [0.25, 0.3) is 0 Å². The highest BCUT2D eigenvalue weighted by molar-refractivity contribution is 5.02. The molecule has 0 aromatic heterocycles. The van der Waals surface area contributed by atoms with Crippen molar-refractivity contribution >= 4 is 0 Å². The SMILES string of the molecule is C/C(=C\CN)C(C)CO. The first-order valence-electron chi connectivity index (χ1n) is 3.20. The van der Waals surface area contributed by atoms with Crippen LogP contribution in [0.25, 0.3) is 0 Å². The van der Waals surface area contributed by atoms with E-state index in [1.165, 1.54) is 5.57 Å². The fourth-order valence-corrected chi connectivity index (χ4v) is 0.531. The molecule has 0 bridgehead atoms. The third-order valence-electron chi connectivity index (χ3n) is 1.49. The molecule has 0 amide bonds. The van der Waals surface area contributed by atoms with E-state index < -0.39 is 0 Å². The molecule has 0 radical (unpaired) electrons. The smallest absolute Gasteiger partial charge is 0.0493 e. The Morgan fingerprint density at radius 2 is 2.33 bits per heavy atom. The number of rotatable bonds is 3. The molecule has 54 valence electrons. The Labute approximate surface area is 56.4 Å². The summed E-state index contributed by atoms with van der Waals surface area (Å²) >= 11 is 0. The van der Waals surface area contributed by atoms with Gasteiger partial charge >= 0.3 is 0 Å². The Kier molecular flexibility index (Phi) is 4.36. The maximum absolute atomic E-state index is 8.65. The second kappa shape index (κ2) is 4.53. The van der Waals surface area contributed by atoms with Crippen LogP contribution in [0.4, 0.5) is 0 Å². The lowest BCUT2D eigenvalue weighted by Gasteiger charge is -2.06. The van der Waals surface area contributed by atoms with Crippen molar-refractivity contribution in [3.8, 4) is 0 Å². The summed E-state index contributed by atoms with van der Waals surface area (Å²) in [7, 11) is 0. The zero-order valence-corrected chi connectivity index (χ0v) is 6.09. The van der Waals surface area contributed by atoms with Crippen LogP contribution < -0.4 is 5.73 Å². The summed E-state index contributed by atoms with van der Waals surface area (Å²) in [5.74, 6) is 0.258. The quantitative estimate of drug-likeness (QED) is 0.546. The lowest BCUT2D eigenvalue weighted by atomic mass is 10.0. The number of aliphatic hydroxyl groups excluding tert-OH is 1. The highest BCUT2D eigenvalue weighted by Gasteiger charge is 1.99. The second-order valence-electron chi connectivity index (χ2n) is 2.27. The normalized spacial score (nSPS) is 15.8. The van der Waals surface area contributed by atoms with Crippen LogP contribution in [0, 0.1) is 5.92 Å². The number of hydrogen-bond donors (Lipinski definition) is 2. The van der Waals surface area contributed by atoms with Gasteiger partial charge in [0, 0.05) is 13.2 Å². The molecule has 0 aliphatic heterocycles. The van der Waals surface area contributed by atoms with Crippen LogP contribution >= 0.6 is 0 Å². The Bertz CT molecular complexity index is 99.1. The van der Waals surface area contributed by atoms with E-state index in [4.69, 9.17) is 10.8 Å². The van der Waals surface area contributed by atoms with Gasteiger partial charge < -0.3 is 10.8 Å². The molecular weight excluding hydrogens is 114 g/mol. The second-order valence-corrected chi connectivity index (χ2v) is 2.27. The van der Waals surface area contributed by atoms with Crippen LogP contribution in [0.5, 0.6) is 0 Å². The van der Waals surface area contributed by atoms with Crippen LogP contribution in [0.2, 0.25) is 0 Å². The molecule has 0 aromatic carbocycles. The van der Waals surface area contributed by atoms with Crippen molar-refractivity contribution in [2.24, 2.45) is 11.7 Å². The molecule has 0 aliphatic carbocycles. The van der Waals surface area contributed by atoms with Crippen LogP contribution in [0.3, 0.4) is 0 Å². The molecule has 0 saturated carbocycles. The Balaban J connectivity index is 3.70. The molecule has 0 aliphatic rings. The van der Waals surface area contributed by atoms with Gasteiger partial charge in [-0.1, -0.05) is 18.6 Å². The standard InChI is InChI=1S/C7H15NO/c1-6(3-4-8)7(2)5-9/h3,7,9H,4-5,8H2,1-2H3/b6-3+. The number of hydrogen-bond acceptors (Lipinski definition) is 2. The molecular formula is C7H15NO. The fourth-order valence-electron chi connectivity index (χ4n) is 0.531. The zero-order chi connectivity index (χ0) is 7.28. The summed E-state index contributed by atoms with van der Waals surface area (Å²) in [6, 6.07) is 0. The first-order chi connectivity index (χ1) is 4.22. The minimum atomic E-state index is 0.211. The maximum Gasteiger partial charge on any atom is 0.0493 e. The highest BCUT2D eigenvalue weighted by Crippen LogP contribution is 2.06. The van der Waals surface area contributed by atoms with Gasteiger partial charge in [-0.3, -0.25) is 0 Å². The molecule has 0 rings (SSSR count). The molecule has 2 nitrogen and oxygen atoms in total. The Hall–Kier alpha value is -0.340. The Morgan fingerprint density at radius 3 is 2.67 bits per heavy atom. The average molecular weight is 129 g/mol. The molecule has 9 heavy (non-hydrogen) atoms. The van der Waals surface area contributed by atoms with E-state index >= 15 is 0 Å². The summed E-state index contributed by atoms with van der Waals surface area (Å²) in [4.78, 5) is 0. The average Bonchev–Trinajstić information content (AvgIpc) is 1.87. The van der Waals surface area contributed by atoms with E-state index in [-0.39, 0.29) is 12.5 Å². The van der Waals surface area contributed by atoms with E-state index in [2.05, 4.69) is 0 Å². The van der Waals surface area contributed by atoms with E-state index in [1.807, 2.05) is 19.9 Å². The van der Waals surface area contributed by atoms with Crippen molar-refractivity contribution in [3.05, 3.63) is 11.6 Å². The predicted molar refractivity (Wildman–Crippen MR) is 39.1 cm³/mol. The van der Waals surface area contributed by atoms with Crippen LogP contribution in [0.1, 0.15) is 13.8 Å². The van der Waals surface area contributed by atoms with E-state index in [9.17, 15) is 0 Å². The molecule has 1 unspecified atom stereocenters. The number of nitrogens with two attached hydrogens (primary N) is 1. The van der Waals surface area contributed by atoms with Crippen molar-refractivity contribution in [1.82, 2.24) is 0 Å². The van der Waals surface area contributed by atoms with Gasteiger partial charge in [0.05, 0.1) is 0 Å². The summed E-state index contributed by atoms with van der Waals surface area (Å²) in [6.45, 7) is 4.73. The number of aliphatic hydroxyl groups is 1. The predicted octanol–water partition coefficient (Wildman–Crippen LogP) is 0.520. The van der Waals surface area contributed by atoms with Crippen molar-refractivity contribution in [3.63, 3.8) is 0 Å². The van der Waals surface area contributed by atoms with Crippen molar-refractivity contribution < 1.29 is 5.11 Å². The molecule has 1 atom stereocenters. The molecule has 0 fully saturated rings. The van der Waals surface area contributed by atoms with Crippen molar-refractivity contribution in [1.29, 1.82) is 0 Å². The minimum Gasteiger partial charge on any atom is -0.396 e. The minimum absolute atomic E-state index is 0.211. The molecule has 0 saturated heterocycles. The van der Waals surface area contributed by atoms with Crippen LogP contribution in [0.15, 0.2) is 11.6 Å². The highest BCUT2D eigenvalue weighted by atomic mass is 16.3. The lowest BCUT2D eigenvalue weighted by Crippen LogP contribution is -2.04. The molecule has 2 heteroatoms. The monoisotopic (exact) mass is 129 g/mol. The summed E-state index contributed by atoms with van der Waals surface area (Å²) in [5, 5.41) is 8.65. The van der Waals surface area contributed by atoms with Gasteiger partial charge in [-0.15, -0.1) is 0 Å². The molecule has 3 N–H and O–H groups in total. The van der Waals surface area contributed by atoms with Crippen LogP contribution in [-0.2, 0) is 0 Å². The van der Waals surface area contributed by atoms with E-state index in [0.717, 1.165) is 0 Å². The summed E-state index contributed by atoms with van der Waals surface area (Å²) in [6.07, 6.45) is 1.93. The van der Waals surface area contributed by atoms with Gasteiger partial charge in [0.1, 0.15) is 0 Å². The largest absolute Gasteiger partial charge is 0.396 e. The fraction of sp³-hybridized carbons (Fsp3) is 0.714. The van der Waals surface area contributed by atoms with Gasteiger partial charge in [-0.25, -0.2) is 0 Å². The van der Waals surface area contributed by atoms with Gasteiger partial charge in [-0.2, -0.15) is 0 Å². The van der Waals surface area contributed by atoms with E-state index in [0.29, 0.717) is 6.54 Å². The van der Waals surface area contributed by atoms with Crippen molar-refractivity contribution in [2.45, 2.75) is 13.8 Å². The van der Waals surface area contributed by atoms with E-state index in [1.54, 1.807) is 0 Å². The first-order valence-corrected chi connectivity index (χ1v) is 3.20. The van der Waals surface area contributed by atoms with Crippen LogP contribution in [-0.4, -0.2) is 18.3 Å². The van der Waals surface area contributed by atoms with Gasteiger partial charge in [0.15, 0.2) is 0 Å². The summed E-state index contributed by atoms with van der Waals surface area (Å²) < 4.78 is 0. The third kappa shape index (κ3) is 3.27. The lowest BCUT2D eigenvalue weighted by molar-refractivity contribution is 0.256. The first kappa shape index (κ1) is 8.66. The van der Waals surface area contributed by atoms with Crippen molar-refractivity contribution in [2.75, 3.05) is 13.2 Å². The molecule has 0 aromatic rings. The molecule has 0 spiro atoms. The van der Waals surface area contributed by atoms with Gasteiger partial charge in [0.2, 0.25) is 0 Å². The van der Waals surface area contributed by atoms with Gasteiger partial charge in [-0.05, 0) is 12.8 Å². The molecule has 0 heterocycles. The topological polar surface area (TPSA) is 46.2 Å². The maximum atomic E-state index is 8.65. The summed E-state index contributed by atoms with van der Waals surface area (Å²) in [5.41, 5.74) is 6.43.